The van der Waals surface area contributed by atoms with E-state index in [1.54, 1.807) is 0 Å². The number of aliphatic hydroxyl groups is 3. The van der Waals surface area contributed by atoms with Gasteiger partial charge in [0.05, 0.1) is 6.61 Å². The number of carboxylic acid groups (broad SMARTS) is 1. The molecule has 0 radical (unpaired) electrons. The van der Waals surface area contributed by atoms with Gasteiger partial charge in [-0.25, -0.2) is 4.79 Å². The number of ether oxygens (including phenoxy) is 4. The van der Waals surface area contributed by atoms with Crippen LogP contribution in [0.2, 0.25) is 0 Å². The Hall–Kier alpha value is -2.05. The molecule has 11 heteroatoms. The van der Waals surface area contributed by atoms with Gasteiger partial charge in [-0.1, -0.05) is 206 Å². The number of carbonyl (C=O) groups excluding carboxylic acids is 2. The molecule has 4 N–H and O–H groups in total. The summed E-state index contributed by atoms with van der Waals surface area (Å²) in [6, 6.07) is 0. The van der Waals surface area contributed by atoms with E-state index in [9.17, 15) is 34.8 Å². The molecule has 364 valence electrons. The Balaban J connectivity index is 2.27. The Kier molecular flexibility index (Phi) is 38.9. The van der Waals surface area contributed by atoms with Crippen molar-refractivity contribution >= 4 is 17.9 Å². The van der Waals surface area contributed by atoms with Gasteiger partial charge in [-0.3, -0.25) is 9.59 Å². The Morgan fingerprint density at radius 3 is 1.26 bits per heavy atom. The average Bonchev–Trinajstić information content (AvgIpc) is 3.26. The first-order chi connectivity index (χ1) is 30.2. The maximum Gasteiger partial charge on any atom is 0.335 e. The molecule has 1 aliphatic heterocycles. The minimum atomic E-state index is -1.86. The van der Waals surface area contributed by atoms with Crippen molar-refractivity contribution in [3.8, 4) is 0 Å². The lowest BCUT2D eigenvalue weighted by Gasteiger charge is -2.38. The van der Waals surface area contributed by atoms with Crippen LogP contribution in [0.4, 0.5) is 0 Å². The van der Waals surface area contributed by atoms with E-state index < -0.39 is 54.7 Å². The van der Waals surface area contributed by atoms with Crippen molar-refractivity contribution < 1.29 is 53.8 Å². The van der Waals surface area contributed by atoms with Gasteiger partial charge in [0.15, 0.2) is 18.5 Å². The molecule has 1 rings (SSSR count). The highest BCUT2D eigenvalue weighted by Gasteiger charge is 2.47. The predicted octanol–water partition coefficient (Wildman–Crippen LogP) is 12.0. The van der Waals surface area contributed by atoms with Crippen molar-refractivity contribution in [3.63, 3.8) is 0 Å². The smallest absolute Gasteiger partial charge is 0.335 e. The molecule has 0 saturated carbocycles. The second-order valence-electron chi connectivity index (χ2n) is 18.0. The second-order valence-corrected chi connectivity index (χ2v) is 18.0. The molecule has 0 spiro atoms. The van der Waals surface area contributed by atoms with E-state index in [0.717, 1.165) is 57.8 Å². The highest BCUT2D eigenvalue weighted by Crippen LogP contribution is 2.23. The van der Waals surface area contributed by atoms with Gasteiger partial charge in [0.2, 0.25) is 0 Å². The number of aliphatic carboxylic acids is 1. The largest absolute Gasteiger partial charge is 0.479 e. The van der Waals surface area contributed by atoms with Gasteiger partial charge in [-0.05, 0) is 38.5 Å². The van der Waals surface area contributed by atoms with Crippen LogP contribution in [0, 0.1) is 0 Å². The molecule has 11 nitrogen and oxygen atoms in total. The molecule has 62 heavy (non-hydrogen) atoms. The van der Waals surface area contributed by atoms with Crippen LogP contribution in [0.3, 0.4) is 0 Å². The Labute approximate surface area is 377 Å². The van der Waals surface area contributed by atoms with Crippen molar-refractivity contribution in [2.45, 2.75) is 282 Å². The Morgan fingerprint density at radius 2 is 0.855 bits per heavy atom. The molecule has 0 bridgehead atoms. The van der Waals surface area contributed by atoms with Crippen LogP contribution < -0.4 is 0 Å². The third-order valence-corrected chi connectivity index (χ3v) is 12.1. The molecule has 0 aromatic rings. The molecule has 1 fully saturated rings. The summed E-state index contributed by atoms with van der Waals surface area (Å²) in [7, 11) is 0. The van der Waals surface area contributed by atoms with Crippen molar-refractivity contribution in [1.82, 2.24) is 0 Å². The first-order valence-corrected chi connectivity index (χ1v) is 25.7. The van der Waals surface area contributed by atoms with Crippen molar-refractivity contribution in [1.29, 1.82) is 0 Å². The summed E-state index contributed by atoms with van der Waals surface area (Å²) in [6.07, 6.45) is 37.0. The number of esters is 2. The standard InChI is InChI=1S/C51H94O11/c1-3-5-7-9-11-13-15-17-19-20-21-22-23-24-25-26-28-30-32-34-36-38-40-45(53)61-43(42-60-51-48(56)46(54)47(55)49(62-51)50(57)58)41-59-44(52)39-37-35-33-31-29-27-18-16-14-12-10-8-6-4-2/h16,18,43,46-49,51,54-56H,3-15,17,19-42H2,1-2H3,(H,57,58)/b18-16-. The maximum absolute atomic E-state index is 12.8. The topological polar surface area (TPSA) is 169 Å². The lowest BCUT2D eigenvalue weighted by molar-refractivity contribution is -0.298. The maximum atomic E-state index is 12.8. The molecule has 1 heterocycles. The zero-order valence-corrected chi connectivity index (χ0v) is 39.6. The van der Waals surface area contributed by atoms with Crippen LogP contribution in [0.25, 0.3) is 0 Å². The van der Waals surface area contributed by atoms with E-state index in [4.69, 9.17) is 18.9 Å². The fourth-order valence-electron chi connectivity index (χ4n) is 8.05. The van der Waals surface area contributed by atoms with Crippen molar-refractivity contribution in [3.05, 3.63) is 12.2 Å². The van der Waals surface area contributed by atoms with Gasteiger partial charge in [0, 0.05) is 12.8 Å². The first kappa shape index (κ1) is 58.0. The number of allylic oxidation sites excluding steroid dienone is 2. The normalized spacial score (nSPS) is 19.5. The predicted molar refractivity (Wildman–Crippen MR) is 248 cm³/mol. The second kappa shape index (κ2) is 41.6. The minimum absolute atomic E-state index is 0.187. The third-order valence-electron chi connectivity index (χ3n) is 12.1. The van der Waals surface area contributed by atoms with Gasteiger partial charge < -0.3 is 39.4 Å². The number of aliphatic hydroxyl groups excluding tert-OH is 3. The fraction of sp³-hybridized carbons (Fsp3) is 0.902. The number of unbranched alkanes of at least 4 members (excludes halogenated alkanes) is 31. The highest BCUT2D eigenvalue weighted by molar-refractivity contribution is 5.73. The van der Waals surface area contributed by atoms with E-state index in [0.29, 0.717) is 12.8 Å². The van der Waals surface area contributed by atoms with Crippen LogP contribution in [0.15, 0.2) is 12.2 Å². The molecule has 6 unspecified atom stereocenters. The Morgan fingerprint density at radius 1 is 0.484 bits per heavy atom. The monoisotopic (exact) mass is 883 g/mol. The van der Waals surface area contributed by atoms with Crippen LogP contribution in [-0.2, 0) is 33.3 Å². The quantitative estimate of drug-likeness (QED) is 0.0261. The highest BCUT2D eigenvalue weighted by atomic mass is 16.7. The number of hydrogen-bond acceptors (Lipinski definition) is 10. The first-order valence-electron chi connectivity index (χ1n) is 25.7. The third kappa shape index (κ3) is 32.6. The fourth-order valence-corrected chi connectivity index (χ4v) is 8.05. The molecule has 0 aliphatic carbocycles. The van der Waals surface area contributed by atoms with Crippen LogP contribution in [0.5, 0.6) is 0 Å². The van der Waals surface area contributed by atoms with Gasteiger partial charge in [0.1, 0.15) is 24.9 Å². The summed E-state index contributed by atoms with van der Waals surface area (Å²) in [6.45, 7) is 3.83. The number of carbonyl (C=O) groups is 3. The number of rotatable bonds is 44. The van der Waals surface area contributed by atoms with Crippen molar-refractivity contribution in [2.24, 2.45) is 0 Å². The summed E-state index contributed by atoms with van der Waals surface area (Å²) in [5.74, 6) is -2.44. The summed E-state index contributed by atoms with van der Waals surface area (Å²) in [5.41, 5.74) is 0. The molecule has 0 aromatic carbocycles. The van der Waals surface area contributed by atoms with Crippen LogP contribution in [-0.4, -0.2) is 88.4 Å². The SMILES string of the molecule is CCCCCCC/C=C\CCCCCCCC(=O)OCC(COC1OC(C(=O)O)C(O)C(O)C1O)OC(=O)CCCCCCCCCCCCCCCCCCCCCCCC. The minimum Gasteiger partial charge on any atom is -0.479 e. The number of carboxylic acids is 1. The van der Waals surface area contributed by atoms with Crippen LogP contribution >= 0.6 is 0 Å². The van der Waals surface area contributed by atoms with Gasteiger partial charge in [0.25, 0.3) is 0 Å². The molecular weight excluding hydrogens is 789 g/mol. The Bertz CT molecular complexity index is 1080. The lowest BCUT2D eigenvalue weighted by Crippen LogP contribution is -2.60. The van der Waals surface area contributed by atoms with E-state index >= 15 is 0 Å². The zero-order chi connectivity index (χ0) is 45.3. The molecule has 1 saturated heterocycles. The van der Waals surface area contributed by atoms with E-state index in [-0.39, 0.29) is 26.1 Å². The van der Waals surface area contributed by atoms with E-state index in [1.165, 1.54) is 148 Å². The molecule has 0 aromatic heterocycles. The van der Waals surface area contributed by atoms with Gasteiger partial charge in [-0.15, -0.1) is 0 Å². The van der Waals surface area contributed by atoms with E-state index in [2.05, 4.69) is 26.0 Å². The summed E-state index contributed by atoms with van der Waals surface area (Å²) >= 11 is 0. The molecule has 6 atom stereocenters. The molecular formula is C51H94O11. The lowest BCUT2D eigenvalue weighted by atomic mass is 9.99. The van der Waals surface area contributed by atoms with Crippen LogP contribution in [0.1, 0.15) is 245 Å². The van der Waals surface area contributed by atoms with Gasteiger partial charge >= 0.3 is 17.9 Å². The molecule has 1 aliphatic rings. The average molecular weight is 883 g/mol. The summed E-state index contributed by atoms with van der Waals surface area (Å²) in [5, 5.41) is 39.9. The number of hydrogen-bond donors (Lipinski definition) is 4. The molecule has 0 amide bonds. The zero-order valence-electron chi connectivity index (χ0n) is 39.6. The van der Waals surface area contributed by atoms with Crippen molar-refractivity contribution in [2.75, 3.05) is 13.2 Å². The van der Waals surface area contributed by atoms with E-state index in [1.807, 2.05) is 0 Å². The van der Waals surface area contributed by atoms with Gasteiger partial charge in [-0.2, -0.15) is 0 Å². The summed E-state index contributed by atoms with van der Waals surface area (Å²) in [4.78, 5) is 36.9. The summed E-state index contributed by atoms with van der Waals surface area (Å²) < 4.78 is 21.8.